The molecule has 4 heteroatoms. The minimum absolute atomic E-state index is 0. The topological polar surface area (TPSA) is 9.23 Å². The van der Waals surface area contributed by atoms with Gasteiger partial charge in [0.15, 0.2) is 0 Å². The summed E-state index contributed by atoms with van der Waals surface area (Å²) in [5.41, 5.74) is 5.36. The van der Waals surface area contributed by atoms with Gasteiger partial charge in [-0.05, 0) is 0 Å². The molecule has 0 aromatic heterocycles. The number of hydrogen-bond donors (Lipinski definition) is 0. The Balaban J connectivity index is 0.00000264. The summed E-state index contributed by atoms with van der Waals surface area (Å²) in [6.07, 6.45) is 0. The molecule has 0 spiro atoms. The van der Waals surface area contributed by atoms with Crippen LogP contribution in [0.2, 0.25) is 0 Å². The quantitative estimate of drug-likeness (QED) is 0.512. The van der Waals surface area contributed by atoms with E-state index in [1.807, 2.05) is 12.1 Å². The minimum atomic E-state index is 0. The minimum Gasteiger partial charge on any atom is -0.147 e. The average molecular weight is 402 g/mol. The average Bonchev–Trinajstić information content (AvgIpc) is 2.45. The molecular formula is C20H27Cl2OTi. The number of para-hydroxylation sites is 1. The van der Waals surface area contributed by atoms with Crippen LogP contribution in [0.4, 0.5) is 0 Å². The van der Waals surface area contributed by atoms with Crippen LogP contribution in [0.3, 0.4) is 0 Å². The third kappa shape index (κ3) is 5.53. The fourth-order valence-corrected chi connectivity index (χ4v) is 2.72. The SMILES string of the molecule is CC(C)(C)c1cc(-c2ccccc2[O][Ti])cc(C(C)(C)C)c1.Cl.Cl. The number of benzene rings is 2. The first-order chi connectivity index (χ1) is 10.1. The van der Waals surface area contributed by atoms with Crippen LogP contribution in [0, 0.1) is 0 Å². The van der Waals surface area contributed by atoms with E-state index in [1.165, 1.54) is 16.7 Å². The Morgan fingerprint density at radius 1 is 0.750 bits per heavy atom. The molecule has 2 aromatic carbocycles. The molecule has 0 unspecified atom stereocenters. The van der Waals surface area contributed by atoms with E-state index in [4.69, 9.17) is 3.32 Å². The van der Waals surface area contributed by atoms with E-state index in [0.717, 1.165) is 11.3 Å². The van der Waals surface area contributed by atoms with Crippen molar-refractivity contribution in [2.75, 3.05) is 0 Å². The summed E-state index contributed by atoms with van der Waals surface area (Å²) in [6, 6.07) is 15.2. The molecular weight excluding hydrogens is 375 g/mol. The normalized spacial score (nSPS) is 11.2. The van der Waals surface area contributed by atoms with Gasteiger partial charge in [0, 0.05) is 0 Å². The maximum atomic E-state index is 5.55. The Bertz CT molecular complexity index is 638. The van der Waals surface area contributed by atoms with Crippen molar-refractivity contribution in [3.8, 4) is 16.9 Å². The van der Waals surface area contributed by atoms with E-state index in [0.29, 0.717) is 0 Å². The van der Waals surface area contributed by atoms with Crippen LogP contribution in [-0.4, -0.2) is 0 Å². The van der Waals surface area contributed by atoms with E-state index in [1.54, 1.807) is 20.8 Å². The van der Waals surface area contributed by atoms with E-state index in [9.17, 15) is 0 Å². The van der Waals surface area contributed by atoms with Crippen molar-refractivity contribution in [3.63, 3.8) is 0 Å². The second-order valence-corrected chi connectivity index (χ2v) is 8.22. The Morgan fingerprint density at radius 2 is 1.21 bits per heavy atom. The molecule has 0 saturated carbocycles. The number of hydrogen-bond acceptors (Lipinski definition) is 1. The van der Waals surface area contributed by atoms with E-state index in [-0.39, 0.29) is 35.6 Å². The smallest absolute Gasteiger partial charge is 0.147 e. The van der Waals surface area contributed by atoms with Crippen molar-refractivity contribution in [1.29, 1.82) is 0 Å². The van der Waals surface area contributed by atoms with Crippen LogP contribution in [0.5, 0.6) is 5.75 Å². The third-order valence-corrected chi connectivity index (χ3v) is 4.32. The third-order valence-electron chi connectivity index (χ3n) is 3.97. The molecule has 0 aliphatic rings. The van der Waals surface area contributed by atoms with Gasteiger partial charge in [0.05, 0.1) is 0 Å². The first-order valence-electron chi connectivity index (χ1n) is 7.72. The molecule has 0 fully saturated rings. The molecule has 0 bridgehead atoms. The van der Waals surface area contributed by atoms with Gasteiger partial charge in [-0.1, -0.05) is 0 Å². The standard InChI is InChI=1S/C20H26O.2ClH.Ti/c1-19(2,3)15-11-14(12-16(13-15)20(4,5)6)17-9-7-8-10-18(17)21;;;/h7-13,21H,1-6H3;2*1H;/q;;;+1/p-1. The summed E-state index contributed by atoms with van der Waals surface area (Å²) in [4.78, 5) is 0. The molecule has 0 aliphatic heterocycles. The molecule has 0 atom stereocenters. The molecule has 2 aromatic rings. The van der Waals surface area contributed by atoms with E-state index in [2.05, 4.69) is 71.9 Å². The molecule has 0 amide bonds. The van der Waals surface area contributed by atoms with Crippen LogP contribution in [0.25, 0.3) is 11.1 Å². The van der Waals surface area contributed by atoms with Crippen LogP contribution in [0.15, 0.2) is 42.5 Å². The predicted molar refractivity (Wildman–Crippen MR) is 104 cm³/mol. The van der Waals surface area contributed by atoms with Crippen LogP contribution < -0.4 is 3.32 Å². The fourth-order valence-electron chi connectivity index (χ4n) is 2.44. The molecule has 0 aliphatic carbocycles. The maximum Gasteiger partial charge on any atom is -0.147 e. The van der Waals surface area contributed by atoms with Crippen molar-refractivity contribution in [2.45, 2.75) is 52.4 Å². The van der Waals surface area contributed by atoms with Gasteiger partial charge in [-0.2, -0.15) is 0 Å². The van der Waals surface area contributed by atoms with Crippen molar-refractivity contribution in [3.05, 3.63) is 53.6 Å². The zero-order valence-corrected chi connectivity index (χ0v) is 18.5. The fraction of sp³-hybridized carbons (Fsp3) is 0.400. The monoisotopic (exact) mass is 401 g/mol. The molecule has 0 N–H and O–H groups in total. The molecule has 0 radical (unpaired) electrons. The zero-order valence-electron chi connectivity index (χ0n) is 15.3. The van der Waals surface area contributed by atoms with E-state index >= 15 is 0 Å². The summed E-state index contributed by atoms with van der Waals surface area (Å²) < 4.78 is 5.55. The first kappa shape index (κ1) is 23.5. The van der Waals surface area contributed by atoms with Gasteiger partial charge >= 0.3 is 147 Å². The second kappa shape index (κ2) is 8.76. The molecule has 2 rings (SSSR count). The summed E-state index contributed by atoms with van der Waals surface area (Å²) in [5, 5.41) is 0. The van der Waals surface area contributed by atoms with Crippen molar-refractivity contribution in [1.82, 2.24) is 0 Å². The van der Waals surface area contributed by atoms with Crippen LogP contribution >= 0.6 is 24.8 Å². The maximum absolute atomic E-state index is 5.55. The summed E-state index contributed by atoms with van der Waals surface area (Å²) in [6.45, 7) is 13.6. The number of rotatable bonds is 2. The summed E-state index contributed by atoms with van der Waals surface area (Å²) >= 11 is 1.73. The zero-order chi connectivity index (χ0) is 16.5. The van der Waals surface area contributed by atoms with Gasteiger partial charge in [0.1, 0.15) is 0 Å². The van der Waals surface area contributed by atoms with Gasteiger partial charge in [-0.25, -0.2) is 0 Å². The van der Waals surface area contributed by atoms with Crippen molar-refractivity contribution < 1.29 is 24.1 Å². The van der Waals surface area contributed by atoms with Gasteiger partial charge in [0.25, 0.3) is 0 Å². The van der Waals surface area contributed by atoms with Gasteiger partial charge in [0.2, 0.25) is 0 Å². The first-order valence-corrected chi connectivity index (χ1v) is 8.36. The second-order valence-electron chi connectivity index (χ2n) is 7.90. The Labute approximate surface area is 171 Å². The molecule has 0 saturated heterocycles. The summed E-state index contributed by atoms with van der Waals surface area (Å²) in [7, 11) is 0. The van der Waals surface area contributed by atoms with Crippen molar-refractivity contribution >= 4 is 24.8 Å². The predicted octanol–water partition coefficient (Wildman–Crippen LogP) is 6.63. The number of halogens is 2. The van der Waals surface area contributed by atoms with E-state index < -0.39 is 0 Å². The molecule has 131 valence electrons. The van der Waals surface area contributed by atoms with Gasteiger partial charge in [-0.15, -0.1) is 24.8 Å². The molecule has 24 heavy (non-hydrogen) atoms. The Morgan fingerprint density at radius 3 is 1.62 bits per heavy atom. The van der Waals surface area contributed by atoms with Crippen molar-refractivity contribution in [2.24, 2.45) is 0 Å². The molecule has 0 heterocycles. The van der Waals surface area contributed by atoms with Gasteiger partial charge in [-0.3, -0.25) is 0 Å². The Kier molecular flexibility index (Phi) is 8.59. The Hall–Kier alpha value is -0.466. The summed E-state index contributed by atoms with van der Waals surface area (Å²) in [5.74, 6) is 0.924. The van der Waals surface area contributed by atoms with Crippen LogP contribution in [0.1, 0.15) is 52.7 Å². The van der Waals surface area contributed by atoms with Gasteiger partial charge < -0.3 is 0 Å². The van der Waals surface area contributed by atoms with Crippen LogP contribution in [-0.2, 0) is 31.7 Å². The molecule has 1 nitrogen and oxygen atoms in total. The largest absolute Gasteiger partial charge is 0.147 e.